The summed E-state index contributed by atoms with van der Waals surface area (Å²) in [6.07, 6.45) is 0.535. The Hall–Kier alpha value is -1.46. The fourth-order valence-corrected chi connectivity index (χ4v) is 2.26. The van der Waals surface area contributed by atoms with Crippen molar-refractivity contribution in [3.05, 3.63) is 17.5 Å². The highest BCUT2D eigenvalue weighted by atomic mass is 19.3. The monoisotopic (exact) mass is 257 g/mol. The maximum Gasteiger partial charge on any atom is 0.272 e. The molecule has 0 aromatic carbocycles. The molecule has 1 unspecified atom stereocenters. The Labute approximate surface area is 104 Å². The van der Waals surface area contributed by atoms with Crippen molar-refractivity contribution in [3.8, 4) is 0 Å². The number of aryl methyl sites for hydroxylation is 2. The molecule has 1 aromatic rings. The lowest BCUT2D eigenvalue weighted by Gasteiger charge is -2.31. The molecule has 0 bridgehead atoms. The van der Waals surface area contributed by atoms with Gasteiger partial charge in [0, 0.05) is 19.2 Å². The molecule has 100 valence electrons. The minimum atomic E-state index is -2.85. The molecular formula is C12H17F2N3O. The summed E-state index contributed by atoms with van der Waals surface area (Å²) in [7, 11) is 1.71. The van der Waals surface area contributed by atoms with Gasteiger partial charge in [-0.2, -0.15) is 5.10 Å². The number of halogens is 2. The standard InChI is InChI=1S/C12H17F2N3O/c1-8-7-9(16-17(8)3)10(18)15-11(2)5-4-6-12(11,13)14/h7H,4-6H2,1-3H3,(H,15,18). The molecule has 0 saturated heterocycles. The van der Waals surface area contributed by atoms with Crippen LogP contribution in [0.5, 0.6) is 0 Å². The molecule has 1 aliphatic rings. The van der Waals surface area contributed by atoms with E-state index in [1.165, 1.54) is 6.92 Å². The van der Waals surface area contributed by atoms with Crippen LogP contribution in [-0.2, 0) is 7.05 Å². The van der Waals surface area contributed by atoms with Crippen molar-refractivity contribution in [2.75, 3.05) is 0 Å². The van der Waals surface area contributed by atoms with Gasteiger partial charge in [0.1, 0.15) is 11.2 Å². The van der Waals surface area contributed by atoms with Gasteiger partial charge in [0.15, 0.2) is 0 Å². The Kier molecular flexibility index (Phi) is 2.91. The van der Waals surface area contributed by atoms with Gasteiger partial charge in [0.2, 0.25) is 0 Å². The van der Waals surface area contributed by atoms with Crippen LogP contribution in [0.3, 0.4) is 0 Å². The highest BCUT2D eigenvalue weighted by Crippen LogP contribution is 2.43. The summed E-state index contributed by atoms with van der Waals surface area (Å²) < 4.78 is 29.0. The Bertz CT molecular complexity index is 464. The number of carbonyl (C=O) groups excluding carboxylic acids is 1. The fraction of sp³-hybridized carbons (Fsp3) is 0.667. The Morgan fingerprint density at radius 3 is 2.61 bits per heavy atom. The number of nitrogens with zero attached hydrogens (tertiary/aromatic N) is 2. The quantitative estimate of drug-likeness (QED) is 0.881. The lowest BCUT2D eigenvalue weighted by atomic mass is 9.96. The molecule has 1 fully saturated rings. The lowest BCUT2D eigenvalue weighted by Crippen LogP contribution is -2.55. The average molecular weight is 257 g/mol. The van der Waals surface area contributed by atoms with Gasteiger partial charge in [-0.05, 0) is 32.8 Å². The topological polar surface area (TPSA) is 46.9 Å². The van der Waals surface area contributed by atoms with Crippen molar-refractivity contribution < 1.29 is 13.6 Å². The summed E-state index contributed by atoms with van der Waals surface area (Å²) in [6.45, 7) is 3.20. The number of hydrogen-bond acceptors (Lipinski definition) is 2. The third-order valence-corrected chi connectivity index (χ3v) is 3.71. The zero-order valence-corrected chi connectivity index (χ0v) is 10.8. The van der Waals surface area contributed by atoms with Gasteiger partial charge >= 0.3 is 0 Å². The largest absolute Gasteiger partial charge is 0.339 e. The number of carbonyl (C=O) groups is 1. The molecule has 1 heterocycles. The van der Waals surface area contributed by atoms with Gasteiger partial charge in [-0.25, -0.2) is 8.78 Å². The first-order valence-electron chi connectivity index (χ1n) is 5.96. The zero-order chi connectivity index (χ0) is 13.6. The van der Waals surface area contributed by atoms with E-state index in [-0.39, 0.29) is 18.5 Å². The normalized spacial score (nSPS) is 26.3. The lowest BCUT2D eigenvalue weighted by molar-refractivity contribution is -0.0575. The van der Waals surface area contributed by atoms with Crippen molar-refractivity contribution in [1.29, 1.82) is 0 Å². The molecule has 6 heteroatoms. The first-order chi connectivity index (χ1) is 8.25. The van der Waals surface area contributed by atoms with Crippen LogP contribution in [0.15, 0.2) is 6.07 Å². The Balaban J connectivity index is 2.17. The third kappa shape index (κ3) is 2.00. The van der Waals surface area contributed by atoms with E-state index in [1.54, 1.807) is 24.7 Å². The summed E-state index contributed by atoms with van der Waals surface area (Å²) in [5, 5.41) is 6.43. The van der Waals surface area contributed by atoms with Gasteiger partial charge in [-0.3, -0.25) is 9.48 Å². The summed E-state index contributed by atoms with van der Waals surface area (Å²) in [5.74, 6) is -3.39. The van der Waals surface area contributed by atoms with Crippen molar-refractivity contribution in [1.82, 2.24) is 15.1 Å². The minimum absolute atomic E-state index is 0.176. The first-order valence-corrected chi connectivity index (χ1v) is 5.96. The highest BCUT2D eigenvalue weighted by Gasteiger charge is 2.54. The average Bonchev–Trinajstić information content (AvgIpc) is 2.70. The first kappa shape index (κ1) is 13.0. The molecule has 1 saturated carbocycles. The maximum absolute atomic E-state index is 13.7. The SMILES string of the molecule is Cc1cc(C(=O)NC2(C)CCCC2(F)F)nn1C. The zero-order valence-electron chi connectivity index (χ0n) is 10.8. The summed E-state index contributed by atoms with van der Waals surface area (Å²) in [6, 6.07) is 1.59. The molecule has 1 amide bonds. The molecule has 0 spiro atoms. The molecule has 1 N–H and O–H groups in total. The van der Waals surface area contributed by atoms with Crippen molar-refractivity contribution >= 4 is 5.91 Å². The van der Waals surface area contributed by atoms with Crippen molar-refractivity contribution in [2.45, 2.75) is 44.6 Å². The van der Waals surface area contributed by atoms with E-state index in [9.17, 15) is 13.6 Å². The van der Waals surface area contributed by atoms with Crippen molar-refractivity contribution in [2.24, 2.45) is 7.05 Å². The molecule has 1 aromatic heterocycles. The van der Waals surface area contributed by atoms with E-state index in [0.717, 1.165) is 5.69 Å². The molecule has 1 atom stereocenters. The van der Waals surface area contributed by atoms with E-state index >= 15 is 0 Å². The number of hydrogen-bond donors (Lipinski definition) is 1. The van der Waals surface area contributed by atoms with Crippen LogP contribution in [0.4, 0.5) is 8.78 Å². The van der Waals surface area contributed by atoms with Gasteiger partial charge < -0.3 is 5.32 Å². The smallest absolute Gasteiger partial charge is 0.272 e. The second kappa shape index (κ2) is 4.03. The second-order valence-electron chi connectivity index (χ2n) is 5.14. The Morgan fingerprint density at radius 1 is 1.50 bits per heavy atom. The molecule has 2 rings (SSSR count). The predicted molar refractivity (Wildman–Crippen MR) is 62.6 cm³/mol. The summed E-state index contributed by atoms with van der Waals surface area (Å²) in [5.41, 5.74) is -0.474. The number of alkyl halides is 2. The van der Waals surface area contributed by atoms with Crippen LogP contribution in [0.25, 0.3) is 0 Å². The van der Waals surface area contributed by atoms with Crippen LogP contribution in [0.1, 0.15) is 42.4 Å². The minimum Gasteiger partial charge on any atom is -0.339 e. The van der Waals surface area contributed by atoms with Crippen LogP contribution >= 0.6 is 0 Å². The summed E-state index contributed by atoms with van der Waals surface area (Å²) in [4.78, 5) is 11.9. The van der Waals surface area contributed by atoms with E-state index in [0.29, 0.717) is 6.42 Å². The fourth-order valence-electron chi connectivity index (χ4n) is 2.26. The maximum atomic E-state index is 13.7. The van der Waals surface area contributed by atoms with Crippen LogP contribution < -0.4 is 5.32 Å². The van der Waals surface area contributed by atoms with Gasteiger partial charge in [-0.15, -0.1) is 0 Å². The molecule has 1 aliphatic carbocycles. The van der Waals surface area contributed by atoms with Crippen LogP contribution in [0.2, 0.25) is 0 Å². The molecule has 4 nitrogen and oxygen atoms in total. The Morgan fingerprint density at radius 2 is 2.17 bits per heavy atom. The number of aromatic nitrogens is 2. The predicted octanol–water partition coefficient (Wildman–Crippen LogP) is 2.04. The van der Waals surface area contributed by atoms with Gasteiger partial charge in [0.25, 0.3) is 11.8 Å². The number of amides is 1. The summed E-state index contributed by atoms with van der Waals surface area (Å²) >= 11 is 0. The van der Waals surface area contributed by atoms with Crippen LogP contribution in [-0.4, -0.2) is 27.1 Å². The van der Waals surface area contributed by atoms with E-state index < -0.39 is 17.4 Å². The third-order valence-electron chi connectivity index (χ3n) is 3.71. The molecule has 0 radical (unpaired) electrons. The van der Waals surface area contributed by atoms with Crippen molar-refractivity contribution in [3.63, 3.8) is 0 Å². The molecular weight excluding hydrogens is 240 g/mol. The van der Waals surface area contributed by atoms with E-state index in [1.807, 2.05) is 0 Å². The number of nitrogens with one attached hydrogen (secondary N) is 1. The van der Waals surface area contributed by atoms with E-state index in [2.05, 4.69) is 10.4 Å². The number of rotatable bonds is 2. The molecule has 0 aliphatic heterocycles. The molecule has 18 heavy (non-hydrogen) atoms. The highest BCUT2D eigenvalue weighted by molar-refractivity contribution is 5.93. The second-order valence-corrected chi connectivity index (χ2v) is 5.14. The van der Waals surface area contributed by atoms with Crippen LogP contribution in [0, 0.1) is 6.92 Å². The van der Waals surface area contributed by atoms with Gasteiger partial charge in [0.05, 0.1) is 0 Å². The van der Waals surface area contributed by atoms with Gasteiger partial charge in [-0.1, -0.05) is 0 Å². The van der Waals surface area contributed by atoms with E-state index in [4.69, 9.17) is 0 Å².